The minimum atomic E-state index is -4.80. The molecule has 3 nitrogen and oxygen atoms in total. The van der Waals surface area contributed by atoms with Gasteiger partial charge in [-0.25, -0.2) is 4.39 Å². The highest BCUT2D eigenvalue weighted by molar-refractivity contribution is 5.90. The van der Waals surface area contributed by atoms with Crippen LogP contribution < -0.4 is 11.1 Å². The topological polar surface area (TPSA) is 55.1 Å². The SMILES string of the molecule is CC(N)CCC(=O)Nc1ccc(F)c(C(F)(F)F)c1.Cl. The molecule has 0 saturated heterocycles. The number of alkyl halides is 3. The average molecular weight is 315 g/mol. The van der Waals surface area contributed by atoms with Crippen LogP contribution in [-0.2, 0) is 11.0 Å². The number of benzene rings is 1. The maximum Gasteiger partial charge on any atom is 0.419 e. The van der Waals surface area contributed by atoms with Crippen LogP contribution in [0.4, 0.5) is 23.2 Å². The summed E-state index contributed by atoms with van der Waals surface area (Å²) in [6.45, 7) is 1.72. The Morgan fingerprint density at radius 2 is 2.00 bits per heavy atom. The number of carbonyl (C=O) groups excluding carboxylic acids is 1. The van der Waals surface area contributed by atoms with Crippen LogP contribution in [0.1, 0.15) is 25.3 Å². The van der Waals surface area contributed by atoms with E-state index in [1.54, 1.807) is 6.92 Å². The van der Waals surface area contributed by atoms with E-state index in [4.69, 9.17) is 5.73 Å². The van der Waals surface area contributed by atoms with Crippen molar-refractivity contribution in [2.24, 2.45) is 5.73 Å². The van der Waals surface area contributed by atoms with Gasteiger partial charge in [0.05, 0.1) is 5.56 Å². The first-order valence-corrected chi connectivity index (χ1v) is 5.62. The van der Waals surface area contributed by atoms with Gasteiger partial charge in [0.1, 0.15) is 5.82 Å². The number of amides is 1. The van der Waals surface area contributed by atoms with Gasteiger partial charge in [-0.2, -0.15) is 13.2 Å². The van der Waals surface area contributed by atoms with Crippen LogP contribution in [0.25, 0.3) is 0 Å². The highest BCUT2D eigenvalue weighted by Gasteiger charge is 2.34. The van der Waals surface area contributed by atoms with Crippen molar-refractivity contribution >= 4 is 24.0 Å². The Labute approximate surface area is 119 Å². The summed E-state index contributed by atoms with van der Waals surface area (Å²) in [6, 6.07) is 2.14. The Hall–Kier alpha value is -1.34. The van der Waals surface area contributed by atoms with E-state index in [0.717, 1.165) is 6.07 Å². The predicted octanol–water partition coefficient (Wildman–Crippen LogP) is 3.33. The second-order valence-electron chi connectivity index (χ2n) is 4.26. The molecule has 0 spiro atoms. The van der Waals surface area contributed by atoms with Crippen LogP contribution in [0.3, 0.4) is 0 Å². The van der Waals surface area contributed by atoms with Gasteiger partial charge in [0.2, 0.25) is 5.91 Å². The molecule has 8 heteroatoms. The fourth-order valence-corrected chi connectivity index (χ4v) is 1.40. The van der Waals surface area contributed by atoms with Crippen molar-refractivity contribution in [3.63, 3.8) is 0 Å². The normalized spacial score (nSPS) is 12.5. The average Bonchev–Trinajstić information content (AvgIpc) is 2.27. The van der Waals surface area contributed by atoms with Gasteiger partial charge in [0.25, 0.3) is 0 Å². The largest absolute Gasteiger partial charge is 0.419 e. The lowest BCUT2D eigenvalue weighted by Crippen LogP contribution is -2.19. The molecule has 1 atom stereocenters. The third kappa shape index (κ3) is 5.75. The van der Waals surface area contributed by atoms with Crippen LogP contribution in [0.2, 0.25) is 0 Å². The van der Waals surface area contributed by atoms with Gasteiger partial charge in [-0.3, -0.25) is 4.79 Å². The Bertz CT molecular complexity index is 463. The lowest BCUT2D eigenvalue weighted by Gasteiger charge is -2.11. The number of halogens is 5. The third-order valence-corrected chi connectivity index (χ3v) is 2.38. The molecule has 1 amide bonds. The molecule has 0 saturated carbocycles. The third-order valence-electron chi connectivity index (χ3n) is 2.38. The smallest absolute Gasteiger partial charge is 0.328 e. The first kappa shape index (κ1) is 18.7. The fourth-order valence-electron chi connectivity index (χ4n) is 1.40. The number of nitrogens with one attached hydrogen (secondary N) is 1. The Balaban J connectivity index is 0.00000361. The number of hydrogen-bond acceptors (Lipinski definition) is 2. The van der Waals surface area contributed by atoms with Crippen molar-refractivity contribution in [2.45, 2.75) is 32.0 Å². The molecular weight excluding hydrogens is 300 g/mol. The summed E-state index contributed by atoms with van der Waals surface area (Å²) in [4.78, 5) is 11.4. The molecule has 0 aliphatic rings. The Morgan fingerprint density at radius 3 is 2.50 bits per heavy atom. The van der Waals surface area contributed by atoms with Crippen molar-refractivity contribution in [1.29, 1.82) is 0 Å². The first-order chi connectivity index (χ1) is 8.70. The van der Waals surface area contributed by atoms with E-state index in [1.807, 2.05) is 0 Å². The molecule has 1 aromatic carbocycles. The van der Waals surface area contributed by atoms with Crippen molar-refractivity contribution in [1.82, 2.24) is 0 Å². The molecule has 0 aromatic heterocycles. The molecule has 3 N–H and O–H groups in total. The van der Waals surface area contributed by atoms with Crippen molar-refractivity contribution in [2.75, 3.05) is 5.32 Å². The molecule has 20 heavy (non-hydrogen) atoms. The maximum absolute atomic E-state index is 13.0. The van der Waals surface area contributed by atoms with E-state index in [0.29, 0.717) is 18.6 Å². The molecule has 0 fully saturated rings. The van der Waals surface area contributed by atoms with Crippen LogP contribution in [0.5, 0.6) is 0 Å². The minimum Gasteiger partial charge on any atom is -0.328 e. The van der Waals surface area contributed by atoms with Crippen molar-refractivity contribution in [3.05, 3.63) is 29.6 Å². The summed E-state index contributed by atoms with van der Waals surface area (Å²) < 4.78 is 50.4. The van der Waals surface area contributed by atoms with E-state index in [1.165, 1.54) is 0 Å². The Morgan fingerprint density at radius 1 is 1.40 bits per heavy atom. The standard InChI is InChI=1S/C12H14F4N2O.ClH/c1-7(17)2-5-11(19)18-8-3-4-10(13)9(6-8)12(14,15)16;/h3-4,6-7H,2,5,17H2,1H3,(H,18,19);1H. The summed E-state index contributed by atoms with van der Waals surface area (Å²) in [5.41, 5.74) is 3.96. The van der Waals surface area contributed by atoms with Crippen molar-refractivity contribution in [3.8, 4) is 0 Å². The fraction of sp³-hybridized carbons (Fsp3) is 0.417. The summed E-state index contributed by atoms with van der Waals surface area (Å²) in [5, 5.41) is 2.28. The molecule has 0 aliphatic heterocycles. The highest BCUT2D eigenvalue weighted by Crippen LogP contribution is 2.32. The van der Waals surface area contributed by atoms with Gasteiger partial charge >= 0.3 is 6.18 Å². The highest BCUT2D eigenvalue weighted by atomic mass is 35.5. The molecule has 0 radical (unpaired) electrons. The van der Waals surface area contributed by atoms with Crippen LogP contribution >= 0.6 is 12.4 Å². The molecule has 0 bridgehead atoms. The second kappa shape index (κ2) is 7.44. The van der Waals surface area contributed by atoms with E-state index >= 15 is 0 Å². The monoisotopic (exact) mass is 314 g/mol. The van der Waals surface area contributed by atoms with Gasteiger partial charge in [0.15, 0.2) is 0 Å². The van der Waals surface area contributed by atoms with Gasteiger partial charge in [0, 0.05) is 18.2 Å². The molecule has 1 aromatic rings. The van der Waals surface area contributed by atoms with Gasteiger partial charge in [-0.05, 0) is 31.5 Å². The predicted molar refractivity (Wildman–Crippen MR) is 70.2 cm³/mol. The van der Waals surface area contributed by atoms with Gasteiger partial charge in [-0.15, -0.1) is 12.4 Å². The number of nitrogens with two attached hydrogens (primary N) is 1. The van der Waals surface area contributed by atoms with Crippen molar-refractivity contribution < 1.29 is 22.4 Å². The molecule has 1 unspecified atom stereocenters. The summed E-state index contributed by atoms with van der Waals surface area (Å²) >= 11 is 0. The minimum absolute atomic E-state index is 0. The number of carbonyl (C=O) groups is 1. The van der Waals surface area contributed by atoms with Crippen LogP contribution in [0.15, 0.2) is 18.2 Å². The number of anilines is 1. The molecule has 0 aliphatic carbocycles. The Kier molecular flexibility index (Phi) is 6.95. The first-order valence-electron chi connectivity index (χ1n) is 5.62. The summed E-state index contributed by atoms with van der Waals surface area (Å²) in [7, 11) is 0. The summed E-state index contributed by atoms with van der Waals surface area (Å²) in [6.07, 6.45) is -4.29. The quantitative estimate of drug-likeness (QED) is 0.838. The van der Waals surface area contributed by atoms with Crippen LogP contribution in [-0.4, -0.2) is 11.9 Å². The van der Waals surface area contributed by atoms with E-state index < -0.39 is 23.5 Å². The van der Waals surface area contributed by atoms with E-state index in [9.17, 15) is 22.4 Å². The van der Waals surface area contributed by atoms with E-state index in [-0.39, 0.29) is 30.6 Å². The molecule has 0 heterocycles. The maximum atomic E-state index is 13.0. The zero-order valence-electron chi connectivity index (χ0n) is 10.6. The number of rotatable bonds is 4. The van der Waals surface area contributed by atoms with Crippen LogP contribution in [0, 0.1) is 5.82 Å². The summed E-state index contributed by atoms with van der Waals surface area (Å²) in [5.74, 6) is -1.84. The lowest BCUT2D eigenvalue weighted by atomic mass is 10.1. The zero-order valence-corrected chi connectivity index (χ0v) is 11.4. The number of hydrogen-bond donors (Lipinski definition) is 2. The second-order valence-corrected chi connectivity index (χ2v) is 4.26. The zero-order chi connectivity index (χ0) is 14.6. The molecule has 1 rings (SSSR count). The lowest BCUT2D eigenvalue weighted by molar-refractivity contribution is -0.140. The van der Waals surface area contributed by atoms with E-state index in [2.05, 4.69) is 5.32 Å². The van der Waals surface area contributed by atoms with Gasteiger partial charge < -0.3 is 11.1 Å². The molecule has 114 valence electrons. The van der Waals surface area contributed by atoms with Gasteiger partial charge in [-0.1, -0.05) is 0 Å². The molecular formula is C12H15ClF4N2O.